The van der Waals surface area contributed by atoms with Crippen LogP contribution in [-0.2, 0) is 6.42 Å². The van der Waals surface area contributed by atoms with E-state index in [0.29, 0.717) is 0 Å². The number of aromatic carboxylic acids is 1. The fourth-order valence-electron chi connectivity index (χ4n) is 2.00. The van der Waals surface area contributed by atoms with Crippen molar-refractivity contribution in [1.82, 2.24) is 0 Å². The number of phenolic OH excluding ortho intramolecular Hbond substituents is 1. The molecule has 0 heterocycles. The average molecular weight is 250 g/mol. The molecule has 3 nitrogen and oxygen atoms in total. The molecule has 0 spiro atoms. The molecule has 3 heteroatoms. The molecule has 0 saturated heterocycles. The predicted octanol–water partition coefficient (Wildman–Crippen LogP) is 3.99. The van der Waals surface area contributed by atoms with Gasteiger partial charge in [-0.1, -0.05) is 45.1 Å². The number of carbonyl (C=O) groups is 1. The number of aromatic hydroxyl groups is 1. The van der Waals surface area contributed by atoms with Crippen LogP contribution in [0.15, 0.2) is 18.2 Å². The van der Waals surface area contributed by atoms with Gasteiger partial charge in [0.1, 0.15) is 5.75 Å². The molecule has 0 fully saturated rings. The molecule has 0 saturated carbocycles. The second-order valence-corrected chi connectivity index (χ2v) is 4.67. The number of carboxylic acids is 1. The summed E-state index contributed by atoms with van der Waals surface area (Å²) in [6.07, 6.45) is 8.08. The minimum absolute atomic E-state index is 0.100. The zero-order valence-electron chi connectivity index (χ0n) is 11.0. The Labute approximate surface area is 108 Å². The second kappa shape index (κ2) is 7.75. The smallest absolute Gasteiger partial charge is 0.335 e. The van der Waals surface area contributed by atoms with Crippen molar-refractivity contribution >= 4 is 5.97 Å². The molecule has 0 unspecified atom stereocenters. The number of hydrogen-bond donors (Lipinski definition) is 2. The Morgan fingerprint density at radius 2 is 1.78 bits per heavy atom. The van der Waals surface area contributed by atoms with Crippen LogP contribution in [0.4, 0.5) is 0 Å². The Kier molecular flexibility index (Phi) is 6.26. The quantitative estimate of drug-likeness (QED) is 0.686. The molecule has 0 amide bonds. The molecule has 0 bridgehead atoms. The van der Waals surface area contributed by atoms with E-state index >= 15 is 0 Å². The average Bonchev–Trinajstić information content (AvgIpc) is 2.35. The fourth-order valence-corrected chi connectivity index (χ4v) is 2.00. The van der Waals surface area contributed by atoms with Crippen molar-refractivity contribution in [2.45, 2.75) is 51.9 Å². The third-order valence-electron chi connectivity index (χ3n) is 3.13. The van der Waals surface area contributed by atoms with Gasteiger partial charge in [0.25, 0.3) is 0 Å². The molecular formula is C15H22O3. The molecule has 1 aromatic carbocycles. The van der Waals surface area contributed by atoms with Crippen LogP contribution in [0.5, 0.6) is 5.75 Å². The number of rotatable bonds is 8. The van der Waals surface area contributed by atoms with Crippen molar-refractivity contribution in [1.29, 1.82) is 0 Å². The van der Waals surface area contributed by atoms with Gasteiger partial charge in [0, 0.05) is 0 Å². The Bertz CT molecular complexity index is 385. The van der Waals surface area contributed by atoms with Crippen molar-refractivity contribution in [2.24, 2.45) is 0 Å². The van der Waals surface area contributed by atoms with Gasteiger partial charge in [-0.3, -0.25) is 0 Å². The molecule has 100 valence electrons. The Balaban J connectivity index is 2.36. The van der Waals surface area contributed by atoms with Gasteiger partial charge in [-0.2, -0.15) is 0 Å². The monoisotopic (exact) mass is 250 g/mol. The van der Waals surface area contributed by atoms with Gasteiger partial charge in [-0.05, 0) is 30.5 Å². The van der Waals surface area contributed by atoms with Crippen LogP contribution in [0.1, 0.15) is 61.4 Å². The van der Waals surface area contributed by atoms with Crippen molar-refractivity contribution in [3.05, 3.63) is 29.3 Å². The molecule has 1 aromatic rings. The molecule has 18 heavy (non-hydrogen) atoms. The SMILES string of the molecule is CCCCCCCCc1ccc(C(=O)O)cc1O. The summed E-state index contributed by atoms with van der Waals surface area (Å²) in [6.45, 7) is 2.20. The highest BCUT2D eigenvalue weighted by atomic mass is 16.4. The van der Waals surface area contributed by atoms with Crippen LogP contribution in [0.25, 0.3) is 0 Å². The van der Waals surface area contributed by atoms with Crippen molar-refractivity contribution in [3.63, 3.8) is 0 Å². The summed E-state index contributed by atoms with van der Waals surface area (Å²) in [5.74, 6) is -0.903. The van der Waals surface area contributed by atoms with E-state index in [2.05, 4.69) is 6.92 Å². The van der Waals surface area contributed by atoms with E-state index in [9.17, 15) is 9.90 Å². The van der Waals surface area contributed by atoms with Crippen molar-refractivity contribution in [2.75, 3.05) is 0 Å². The summed E-state index contributed by atoms with van der Waals surface area (Å²) in [5.41, 5.74) is 0.981. The summed E-state index contributed by atoms with van der Waals surface area (Å²) in [5, 5.41) is 18.5. The maximum Gasteiger partial charge on any atom is 0.335 e. The molecule has 1 rings (SSSR count). The first kappa shape index (κ1) is 14.6. The number of phenols is 1. The first-order chi connectivity index (χ1) is 8.65. The molecular weight excluding hydrogens is 228 g/mol. The van der Waals surface area contributed by atoms with E-state index in [1.807, 2.05) is 0 Å². The number of carboxylic acid groups (broad SMARTS) is 1. The zero-order valence-corrected chi connectivity index (χ0v) is 11.0. The van der Waals surface area contributed by atoms with E-state index in [4.69, 9.17) is 5.11 Å². The molecule has 0 atom stereocenters. The molecule has 0 radical (unpaired) electrons. The van der Waals surface area contributed by atoms with Crippen molar-refractivity contribution < 1.29 is 15.0 Å². The summed E-state index contributed by atoms with van der Waals surface area (Å²) in [7, 11) is 0. The third kappa shape index (κ3) is 4.78. The highest BCUT2D eigenvalue weighted by Crippen LogP contribution is 2.21. The molecule has 2 N–H and O–H groups in total. The first-order valence-corrected chi connectivity index (χ1v) is 6.70. The van der Waals surface area contributed by atoms with Gasteiger partial charge in [0.2, 0.25) is 0 Å². The molecule has 0 aliphatic heterocycles. The predicted molar refractivity (Wildman–Crippen MR) is 72.1 cm³/mol. The van der Waals surface area contributed by atoms with Gasteiger partial charge in [0.05, 0.1) is 5.56 Å². The highest BCUT2D eigenvalue weighted by molar-refractivity contribution is 5.88. The Morgan fingerprint density at radius 1 is 1.11 bits per heavy atom. The standard InChI is InChI=1S/C15H22O3/c1-2-3-4-5-6-7-8-12-9-10-13(15(17)18)11-14(12)16/h9-11,16H,2-8H2,1H3,(H,17,18). The van der Waals surface area contributed by atoms with E-state index in [1.165, 1.54) is 38.2 Å². The molecule has 0 aliphatic carbocycles. The second-order valence-electron chi connectivity index (χ2n) is 4.67. The minimum Gasteiger partial charge on any atom is -0.508 e. The highest BCUT2D eigenvalue weighted by Gasteiger charge is 2.07. The fraction of sp³-hybridized carbons (Fsp3) is 0.533. The normalized spacial score (nSPS) is 10.5. The van der Waals surface area contributed by atoms with Crippen LogP contribution in [-0.4, -0.2) is 16.2 Å². The van der Waals surface area contributed by atoms with Crippen LogP contribution < -0.4 is 0 Å². The minimum atomic E-state index is -1.00. The van der Waals surface area contributed by atoms with Gasteiger partial charge in [-0.25, -0.2) is 4.79 Å². The molecule has 0 aliphatic rings. The number of aryl methyl sites for hydroxylation is 1. The summed E-state index contributed by atoms with van der Waals surface area (Å²) >= 11 is 0. The Hall–Kier alpha value is -1.51. The van der Waals surface area contributed by atoms with Crippen LogP contribution >= 0.6 is 0 Å². The lowest BCUT2D eigenvalue weighted by Crippen LogP contribution is -1.97. The van der Waals surface area contributed by atoms with E-state index in [0.717, 1.165) is 18.4 Å². The largest absolute Gasteiger partial charge is 0.508 e. The number of hydrogen-bond acceptors (Lipinski definition) is 2. The molecule has 0 aromatic heterocycles. The van der Waals surface area contributed by atoms with Crippen LogP contribution in [0, 0.1) is 0 Å². The van der Waals surface area contributed by atoms with Gasteiger partial charge in [0.15, 0.2) is 0 Å². The third-order valence-corrected chi connectivity index (χ3v) is 3.13. The lowest BCUT2D eigenvalue weighted by Gasteiger charge is -2.05. The summed E-state index contributed by atoms with van der Waals surface area (Å²) in [4.78, 5) is 10.7. The number of benzene rings is 1. The lowest BCUT2D eigenvalue weighted by molar-refractivity contribution is 0.0696. The lowest BCUT2D eigenvalue weighted by atomic mass is 10.0. The first-order valence-electron chi connectivity index (χ1n) is 6.70. The van der Waals surface area contributed by atoms with E-state index < -0.39 is 5.97 Å². The summed E-state index contributed by atoms with van der Waals surface area (Å²) < 4.78 is 0. The number of unbranched alkanes of at least 4 members (excludes halogenated alkanes) is 5. The maximum absolute atomic E-state index is 10.7. The summed E-state index contributed by atoms with van der Waals surface area (Å²) in [6, 6.07) is 4.59. The topological polar surface area (TPSA) is 57.5 Å². The van der Waals surface area contributed by atoms with E-state index in [1.54, 1.807) is 12.1 Å². The van der Waals surface area contributed by atoms with Crippen molar-refractivity contribution in [3.8, 4) is 5.75 Å². The van der Waals surface area contributed by atoms with Gasteiger partial charge >= 0.3 is 5.97 Å². The Morgan fingerprint density at radius 3 is 2.39 bits per heavy atom. The zero-order chi connectivity index (χ0) is 13.4. The maximum atomic E-state index is 10.7. The van der Waals surface area contributed by atoms with Crippen LogP contribution in [0.2, 0.25) is 0 Å². The van der Waals surface area contributed by atoms with Crippen LogP contribution in [0.3, 0.4) is 0 Å². The van der Waals surface area contributed by atoms with Gasteiger partial charge < -0.3 is 10.2 Å². The van der Waals surface area contributed by atoms with Gasteiger partial charge in [-0.15, -0.1) is 0 Å². The van der Waals surface area contributed by atoms with E-state index in [-0.39, 0.29) is 11.3 Å².